The minimum absolute atomic E-state index is 0.219. The van der Waals surface area contributed by atoms with Crippen LogP contribution in [0.25, 0.3) is 11.5 Å². The standard InChI is InChI=1S/C13H14N6O/c1-9(2)10-8-18(17-16-10)11-7-15-19(13(11)20)12-5-3-4-6-14-12/h3-9,15H,1-2H3. The molecule has 0 aliphatic rings. The first-order valence-corrected chi connectivity index (χ1v) is 6.31. The van der Waals surface area contributed by atoms with Gasteiger partial charge in [-0.3, -0.25) is 9.89 Å². The summed E-state index contributed by atoms with van der Waals surface area (Å²) >= 11 is 0. The number of aromatic nitrogens is 6. The summed E-state index contributed by atoms with van der Waals surface area (Å²) < 4.78 is 2.85. The molecule has 102 valence electrons. The topological polar surface area (TPSA) is 81.4 Å². The third kappa shape index (κ3) is 2.03. The second kappa shape index (κ2) is 4.76. The maximum absolute atomic E-state index is 12.4. The molecule has 3 heterocycles. The first kappa shape index (κ1) is 12.3. The van der Waals surface area contributed by atoms with E-state index in [1.165, 1.54) is 9.36 Å². The summed E-state index contributed by atoms with van der Waals surface area (Å²) in [6.45, 7) is 4.05. The monoisotopic (exact) mass is 270 g/mol. The Labute approximate surface area is 114 Å². The predicted molar refractivity (Wildman–Crippen MR) is 73.2 cm³/mol. The lowest BCUT2D eigenvalue weighted by molar-refractivity contribution is 0.769. The first-order chi connectivity index (χ1) is 9.66. The Bertz CT molecular complexity index is 768. The quantitative estimate of drug-likeness (QED) is 0.777. The summed E-state index contributed by atoms with van der Waals surface area (Å²) in [7, 11) is 0. The molecule has 7 heteroatoms. The van der Waals surface area contributed by atoms with Gasteiger partial charge in [-0.25, -0.2) is 9.67 Å². The van der Waals surface area contributed by atoms with Crippen molar-refractivity contribution in [1.82, 2.24) is 29.8 Å². The molecular formula is C13H14N6O. The van der Waals surface area contributed by atoms with Crippen molar-refractivity contribution < 1.29 is 0 Å². The van der Waals surface area contributed by atoms with Gasteiger partial charge >= 0.3 is 0 Å². The molecule has 0 saturated heterocycles. The molecule has 0 aromatic carbocycles. The number of nitrogens with zero attached hydrogens (tertiary/aromatic N) is 5. The summed E-state index contributed by atoms with van der Waals surface area (Å²) in [6, 6.07) is 5.37. The molecule has 0 unspecified atom stereocenters. The Morgan fingerprint density at radius 2 is 2.15 bits per heavy atom. The molecule has 0 spiro atoms. The van der Waals surface area contributed by atoms with Gasteiger partial charge in [-0.1, -0.05) is 25.1 Å². The third-order valence-corrected chi connectivity index (χ3v) is 2.98. The minimum Gasteiger partial charge on any atom is -0.295 e. The fourth-order valence-electron chi connectivity index (χ4n) is 1.84. The molecule has 0 radical (unpaired) electrons. The smallest absolute Gasteiger partial charge is 0.295 e. The van der Waals surface area contributed by atoms with Crippen LogP contribution in [-0.4, -0.2) is 29.8 Å². The van der Waals surface area contributed by atoms with Crippen molar-refractivity contribution in [3.63, 3.8) is 0 Å². The molecule has 7 nitrogen and oxygen atoms in total. The summed E-state index contributed by atoms with van der Waals surface area (Å²) in [5.41, 5.74) is 1.04. The van der Waals surface area contributed by atoms with Gasteiger partial charge in [-0.15, -0.1) is 5.10 Å². The fraction of sp³-hybridized carbons (Fsp3) is 0.231. The van der Waals surface area contributed by atoms with E-state index in [4.69, 9.17) is 0 Å². The maximum atomic E-state index is 12.4. The highest BCUT2D eigenvalue weighted by Crippen LogP contribution is 2.11. The van der Waals surface area contributed by atoms with Crippen molar-refractivity contribution in [2.45, 2.75) is 19.8 Å². The largest absolute Gasteiger partial charge is 0.298 e. The van der Waals surface area contributed by atoms with Crippen molar-refractivity contribution in [3.8, 4) is 11.5 Å². The molecule has 3 rings (SSSR count). The second-order valence-corrected chi connectivity index (χ2v) is 4.73. The SMILES string of the molecule is CC(C)c1cn(-c2c[nH]n(-c3ccccn3)c2=O)nn1. The van der Waals surface area contributed by atoms with Crippen LogP contribution in [0.2, 0.25) is 0 Å². The van der Waals surface area contributed by atoms with Crippen LogP contribution in [0.4, 0.5) is 0 Å². The molecule has 0 saturated carbocycles. The maximum Gasteiger partial charge on any atom is 0.298 e. The van der Waals surface area contributed by atoms with Crippen LogP contribution in [0.5, 0.6) is 0 Å². The van der Waals surface area contributed by atoms with Crippen LogP contribution in [0.3, 0.4) is 0 Å². The highest BCUT2D eigenvalue weighted by Gasteiger charge is 2.13. The average molecular weight is 270 g/mol. The summed E-state index contributed by atoms with van der Waals surface area (Å²) in [5.74, 6) is 0.800. The Hall–Kier alpha value is -2.70. The van der Waals surface area contributed by atoms with Crippen LogP contribution < -0.4 is 5.56 Å². The molecule has 20 heavy (non-hydrogen) atoms. The van der Waals surface area contributed by atoms with E-state index in [2.05, 4.69) is 20.4 Å². The van der Waals surface area contributed by atoms with Gasteiger partial charge in [0.25, 0.3) is 5.56 Å². The number of hydrogen-bond donors (Lipinski definition) is 1. The molecule has 3 aromatic heterocycles. The third-order valence-electron chi connectivity index (χ3n) is 2.98. The van der Waals surface area contributed by atoms with E-state index >= 15 is 0 Å². The van der Waals surface area contributed by atoms with Crippen molar-refractivity contribution in [2.75, 3.05) is 0 Å². The molecule has 0 aliphatic carbocycles. The van der Waals surface area contributed by atoms with Gasteiger partial charge in [0.2, 0.25) is 0 Å². The van der Waals surface area contributed by atoms with Gasteiger partial charge in [0, 0.05) is 6.20 Å². The van der Waals surface area contributed by atoms with Crippen LogP contribution in [-0.2, 0) is 0 Å². The zero-order valence-corrected chi connectivity index (χ0v) is 11.2. The van der Waals surface area contributed by atoms with E-state index in [-0.39, 0.29) is 11.5 Å². The van der Waals surface area contributed by atoms with Gasteiger partial charge in [0.1, 0.15) is 0 Å². The van der Waals surface area contributed by atoms with E-state index in [1.54, 1.807) is 30.7 Å². The Balaban J connectivity index is 2.04. The van der Waals surface area contributed by atoms with Crippen LogP contribution in [0, 0.1) is 0 Å². The number of nitrogens with one attached hydrogen (secondary N) is 1. The number of H-pyrrole nitrogens is 1. The number of aromatic amines is 1. The molecule has 1 N–H and O–H groups in total. The number of hydrogen-bond acceptors (Lipinski definition) is 4. The highest BCUT2D eigenvalue weighted by atomic mass is 16.1. The van der Waals surface area contributed by atoms with Crippen LogP contribution in [0.1, 0.15) is 25.5 Å². The fourth-order valence-corrected chi connectivity index (χ4v) is 1.84. The van der Waals surface area contributed by atoms with Crippen LogP contribution >= 0.6 is 0 Å². The van der Waals surface area contributed by atoms with Gasteiger partial charge in [-0.2, -0.15) is 4.68 Å². The van der Waals surface area contributed by atoms with Crippen molar-refractivity contribution in [2.24, 2.45) is 0 Å². The lowest BCUT2D eigenvalue weighted by Crippen LogP contribution is -2.19. The molecule has 0 bridgehead atoms. The van der Waals surface area contributed by atoms with Crippen molar-refractivity contribution >= 4 is 0 Å². The van der Waals surface area contributed by atoms with E-state index < -0.39 is 0 Å². The Kier molecular flexibility index (Phi) is 2.94. The minimum atomic E-state index is -0.219. The van der Waals surface area contributed by atoms with Gasteiger partial charge in [-0.05, 0) is 18.1 Å². The lowest BCUT2D eigenvalue weighted by atomic mass is 10.2. The van der Waals surface area contributed by atoms with E-state index in [0.29, 0.717) is 11.5 Å². The van der Waals surface area contributed by atoms with Crippen LogP contribution in [0.15, 0.2) is 41.6 Å². The number of pyridine rings is 1. The van der Waals surface area contributed by atoms with E-state index in [9.17, 15) is 4.79 Å². The molecule has 3 aromatic rings. The molecule has 0 atom stereocenters. The molecular weight excluding hydrogens is 256 g/mol. The van der Waals surface area contributed by atoms with Gasteiger partial charge < -0.3 is 0 Å². The van der Waals surface area contributed by atoms with E-state index in [1.807, 2.05) is 19.9 Å². The first-order valence-electron chi connectivity index (χ1n) is 6.31. The summed E-state index contributed by atoms with van der Waals surface area (Å²) in [6.07, 6.45) is 4.99. The zero-order valence-electron chi connectivity index (χ0n) is 11.2. The average Bonchev–Trinajstić information content (AvgIpc) is 3.06. The van der Waals surface area contributed by atoms with E-state index in [0.717, 1.165) is 5.69 Å². The molecule has 0 fully saturated rings. The summed E-state index contributed by atoms with van der Waals surface area (Å²) in [4.78, 5) is 16.5. The predicted octanol–water partition coefficient (Wildman–Crippen LogP) is 1.26. The highest BCUT2D eigenvalue weighted by molar-refractivity contribution is 5.30. The molecule has 0 aliphatic heterocycles. The second-order valence-electron chi connectivity index (χ2n) is 4.73. The van der Waals surface area contributed by atoms with Gasteiger partial charge in [0.15, 0.2) is 11.5 Å². The normalized spacial score (nSPS) is 11.2. The summed E-state index contributed by atoms with van der Waals surface area (Å²) in [5, 5.41) is 10.9. The molecule has 0 amide bonds. The van der Waals surface area contributed by atoms with Crippen molar-refractivity contribution in [3.05, 3.63) is 52.8 Å². The lowest BCUT2D eigenvalue weighted by Gasteiger charge is -1.98. The Morgan fingerprint density at radius 1 is 1.30 bits per heavy atom. The van der Waals surface area contributed by atoms with Gasteiger partial charge in [0.05, 0.1) is 18.1 Å². The zero-order chi connectivity index (χ0) is 14.1. The van der Waals surface area contributed by atoms with Crippen molar-refractivity contribution in [1.29, 1.82) is 0 Å². The number of rotatable bonds is 3. The Morgan fingerprint density at radius 3 is 2.80 bits per heavy atom.